The van der Waals surface area contributed by atoms with Gasteiger partial charge in [-0.15, -0.1) is 0 Å². The van der Waals surface area contributed by atoms with Crippen molar-refractivity contribution >= 4 is 40.2 Å². The molecule has 1 rings (SSSR count). The number of alkyl halides is 1. The standard InChI is InChI=1S/C15H15BrN2/c1-3-4-5-6-7-10-18-14-9-8-13(12-16)11-15(14)17-2/h3-11H,1-2,12H2/b5-4-,7-6-,18-10?. The number of nitrogens with zero attached hydrogens (tertiary/aromatic N) is 2. The first kappa shape index (κ1) is 14.3. The maximum absolute atomic E-state index is 4.33. The Hall–Kier alpha value is -1.74. The summed E-state index contributed by atoms with van der Waals surface area (Å²) in [6.07, 6.45) is 10.9. The topological polar surface area (TPSA) is 24.7 Å². The number of allylic oxidation sites excluding steroid dienone is 5. The molecule has 1 aromatic carbocycles. The van der Waals surface area contributed by atoms with Gasteiger partial charge >= 0.3 is 0 Å². The zero-order chi connectivity index (χ0) is 13.2. The van der Waals surface area contributed by atoms with Crippen LogP contribution >= 0.6 is 15.9 Å². The fourth-order valence-electron chi connectivity index (χ4n) is 1.27. The molecular weight excluding hydrogens is 288 g/mol. The van der Waals surface area contributed by atoms with E-state index in [2.05, 4.69) is 39.2 Å². The number of hydrogen-bond donors (Lipinski definition) is 0. The Morgan fingerprint density at radius 1 is 1.11 bits per heavy atom. The fourth-order valence-corrected chi connectivity index (χ4v) is 1.62. The van der Waals surface area contributed by atoms with E-state index >= 15 is 0 Å². The molecule has 0 N–H and O–H groups in total. The number of aliphatic imine (C=N–C) groups is 2. The lowest BCUT2D eigenvalue weighted by Gasteiger charge is -2.01. The molecule has 0 saturated carbocycles. The lowest BCUT2D eigenvalue weighted by molar-refractivity contribution is 1.38. The van der Waals surface area contributed by atoms with Gasteiger partial charge in [-0.1, -0.05) is 52.9 Å². The Morgan fingerprint density at radius 2 is 1.89 bits per heavy atom. The molecule has 0 spiro atoms. The molecule has 0 aliphatic heterocycles. The molecule has 92 valence electrons. The van der Waals surface area contributed by atoms with Gasteiger partial charge in [-0.25, -0.2) is 0 Å². The lowest BCUT2D eigenvalue weighted by Crippen LogP contribution is -1.77. The molecule has 1 aromatic rings. The maximum atomic E-state index is 4.33. The monoisotopic (exact) mass is 302 g/mol. The van der Waals surface area contributed by atoms with Gasteiger partial charge in [-0.3, -0.25) is 9.98 Å². The van der Waals surface area contributed by atoms with Crippen molar-refractivity contribution in [3.05, 3.63) is 60.7 Å². The summed E-state index contributed by atoms with van der Waals surface area (Å²) < 4.78 is 0. The summed E-state index contributed by atoms with van der Waals surface area (Å²) in [4.78, 5) is 8.30. The van der Waals surface area contributed by atoms with Crippen LogP contribution in [0, 0.1) is 0 Å². The van der Waals surface area contributed by atoms with Gasteiger partial charge in [0, 0.05) is 11.5 Å². The minimum absolute atomic E-state index is 0.790. The van der Waals surface area contributed by atoms with E-state index in [0.717, 1.165) is 22.3 Å². The maximum Gasteiger partial charge on any atom is 0.0886 e. The molecule has 18 heavy (non-hydrogen) atoms. The first-order chi connectivity index (χ1) is 8.81. The number of rotatable bonds is 6. The van der Waals surface area contributed by atoms with Crippen LogP contribution in [0.4, 0.5) is 11.4 Å². The van der Waals surface area contributed by atoms with Gasteiger partial charge in [-0.05, 0) is 30.5 Å². The molecule has 0 aliphatic rings. The SMILES string of the molecule is C=C/C=C\C=C/C=Nc1ccc(CBr)cc1N=C. The zero-order valence-corrected chi connectivity index (χ0v) is 11.7. The molecule has 0 radical (unpaired) electrons. The molecule has 0 bridgehead atoms. The molecule has 0 unspecified atom stereocenters. The third-order valence-electron chi connectivity index (χ3n) is 2.13. The van der Waals surface area contributed by atoms with Crippen molar-refractivity contribution < 1.29 is 0 Å². The van der Waals surface area contributed by atoms with Gasteiger partial charge in [0.05, 0.1) is 11.4 Å². The highest BCUT2D eigenvalue weighted by Crippen LogP contribution is 2.28. The highest BCUT2D eigenvalue weighted by Gasteiger charge is 1.99. The predicted octanol–water partition coefficient (Wildman–Crippen LogP) is 4.91. The van der Waals surface area contributed by atoms with Crippen molar-refractivity contribution in [1.29, 1.82) is 0 Å². The second-order valence-corrected chi connectivity index (χ2v) is 3.96. The smallest absolute Gasteiger partial charge is 0.0886 e. The van der Waals surface area contributed by atoms with Crippen molar-refractivity contribution in [1.82, 2.24) is 0 Å². The Kier molecular flexibility index (Phi) is 6.66. The second kappa shape index (κ2) is 8.37. The summed E-state index contributed by atoms with van der Waals surface area (Å²) >= 11 is 3.41. The molecule has 0 aliphatic carbocycles. The first-order valence-electron chi connectivity index (χ1n) is 5.46. The third kappa shape index (κ3) is 4.63. The molecule has 0 heterocycles. The van der Waals surface area contributed by atoms with Crippen LogP contribution in [0.2, 0.25) is 0 Å². The Bertz CT molecular complexity index is 499. The molecule has 2 nitrogen and oxygen atoms in total. The van der Waals surface area contributed by atoms with Gasteiger partial charge in [0.1, 0.15) is 0 Å². The van der Waals surface area contributed by atoms with Gasteiger partial charge in [0.25, 0.3) is 0 Å². The summed E-state index contributed by atoms with van der Waals surface area (Å²) in [7, 11) is 0. The largest absolute Gasteiger partial charge is 0.262 e. The fraction of sp³-hybridized carbons (Fsp3) is 0.0667. The summed E-state index contributed by atoms with van der Waals surface area (Å²) in [5.41, 5.74) is 2.76. The van der Waals surface area contributed by atoms with Gasteiger partial charge in [-0.2, -0.15) is 0 Å². The number of benzene rings is 1. The predicted molar refractivity (Wildman–Crippen MR) is 84.9 cm³/mol. The molecule has 0 amide bonds. The van der Waals surface area contributed by atoms with Crippen LogP contribution in [0.25, 0.3) is 0 Å². The van der Waals surface area contributed by atoms with E-state index in [4.69, 9.17) is 0 Å². The average molecular weight is 303 g/mol. The zero-order valence-electron chi connectivity index (χ0n) is 10.1. The molecule has 3 heteroatoms. The van der Waals surface area contributed by atoms with E-state index in [0.29, 0.717) is 0 Å². The van der Waals surface area contributed by atoms with Gasteiger partial charge in [0.2, 0.25) is 0 Å². The molecule has 0 aromatic heterocycles. The summed E-state index contributed by atoms with van der Waals surface area (Å²) in [5, 5.41) is 0.797. The van der Waals surface area contributed by atoms with Crippen molar-refractivity contribution in [3.63, 3.8) is 0 Å². The Balaban J connectivity index is 2.80. The van der Waals surface area contributed by atoms with Crippen molar-refractivity contribution in [2.24, 2.45) is 9.98 Å². The molecule has 0 atom stereocenters. The van der Waals surface area contributed by atoms with Crippen LogP contribution in [0.15, 0.2) is 65.1 Å². The van der Waals surface area contributed by atoms with E-state index in [-0.39, 0.29) is 0 Å². The Labute approximate surface area is 116 Å². The number of halogens is 1. The van der Waals surface area contributed by atoms with Gasteiger partial charge < -0.3 is 0 Å². The first-order valence-corrected chi connectivity index (χ1v) is 6.58. The molecule has 0 saturated heterocycles. The third-order valence-corrected chi connectivity index (χ3v) is 2.78. The minimum atomic E-state index is 0.790. The second-order valence-electron chi connectivity index (χ2n) is 3.40. The summed E-state index contributed by atoms with van der Waals surface area (Å²) in [5.74, 6) is 0. The molecule has 0 fully saturated rings. The minimum Gasteiger partial charge on any atom is -0.262 e. The quantitative estimate of drug-likeness (QED) is 0.405. The van der Waals surface area contributed by atoms with Crippen LogP contribution in [-0.4, -0.2) is 12.9 Å². The normalized spacial score (nSPS) is 11.6. The number of hydrogen-bond acceptors (Lipinski definition) is 2. The van der Waals surface area contributed by atoms with E-state index < -0.39 is 0 Å². The van der Waals surface area contributed by atoms with Crippen LogP contribution < -0.4 is 0 Å². The van der Waals surface area contributed by atoms with E-state index in [1.165, 1.54) is 0 Å². The van der Waals surface area contributed by atoms with E-state index in [1.54, 1.807) is 12.3 Å². The lowest BCUT2D eigenvalue weighted by atomic mass is 10.2. The van der Waals surface area contributed by atoms with Crippen LogP contribution in [0.5, 0.6) is 0 Å². The van der Waals surface area contributed by atoms with Crippen LogP contribution in [0.3, 0.4) is 0 Å². The molecular formula is C15H15BrN2. The van der Waals surface area contributed by atoms with Crippen LogP contribution in [-0.2, 0) is 5.33 Å². The summed E-state index contributed by atoms with van der Waals surface area (Å²) in [6.45, 7) is 7.14. The van der Waals surface area contributed by atoms with Crippen molar-refractivity contribution in [2.45, 2.75) is 5.33 Å². The van der Waals surface area contributed by atoms with Gasteiger partial charge in [0.15, 0.2) is 0 Å². The summed E-state index contributed by atoms with van der Waals surface area (Å²) in [6, 6.07) is 5.91. The van der Waals surface area contributed by atoms with E-state index in [1.807, 2.05) is 42.5 Å². The average Bonchev–Trinajstić information content (AvgIpc) is 2.42. The van der Waals surface area contributed by atoms with E-state index in [9.17, 15) is 0 Å². The highest BCUT2D eigenvalue weighted by atomic mass is 79.9. The van der Waals surface area contributed by atoms with Crippen molar-refractivity contribution in [3.8, 4) is 0 Å². The van der Waals surface area contributed by atoms with Crippen LogP contribution in [0.1, 0.15) is 5.56 Å². The highest BCUT2D eigenvalue weighted by molar-refractivity contribution is 9.08. The Morgan fingerprint density at radius 3 is 2.56 bits per heavy atom. The van der Waals surface area contributed by atoms with Crippen molar-refractivity contribution in [2.75, 3.05) is 0 Å².